The van der Waals surface area contributed by atoms with Gasteiger partial charge in [-0.2, -0.15) is 23.5 Å². The van der Waals surface area contributed by atoms with Gasteiger partial charge in [0.1, 0.15) is 0 Å². The van der Waals surface area contributed by atoms with Gasteiger partial charge in [-0.15, -0.1) is 0 Å². The highest BCUT2D eigenvalue weighted by Crippen LogP contribution is 2.25. The van der Waals surface area contributed by atoms with Gasteiger partial charge in [-0.25, -0.2) is 0 Å². The Hall–Kier alpha value is 0.620. The Morgan fingerprint density at radius 3 is 3.00 bits per heavy atom. The molecule has 2 heterocycles. The van der Waals surface area contributed by atoms with Gasteiger partial charge in [0.15, 0.2) is 0 Å². The van der Waals surface area contributed by atoms with Crippen molar-refractivity contribution in [3.05, 3.63) is 0 Å². The van der Waals surface area contributed by atoms with E-state index in [-0.39, 0.29) is 0 Å². The summed E-state index contributed by atoms with van der Waals surface area (Å²) in [6.07, 6.45) is 1.33. The van der Waals surface area contributed by atoms with Crippen molar-refractivity contribution < 1.29 is 0 Å². The molecule has 82 valence electrons. The minimum absolute atomic E-state index is 0.747. The van der Waals surface area contributed by atoms with Gasteiger partial charge in [0.2, 0.25) is 0 Å². The molecule has 2 rings (SSSR count). The van der Waals surface area contributed by atoms with E-state index in [2.05, 4.69) is 40.8 Å². The van der Waals surface area contributed by atoms with Gasteiger partial charge in [0.05, 0.1) is 0 Å². The van der Waals surface area contributed by atoms with E-state index in [4.69, 9.17) is 0 Å². The molecule has 0 saturated carbocycles. The first kappa shape index (κ1) is 11.1. The van der Waals surface area contributed by atoms with E-state index in [0.29, 0.717) is 0 Å². The summed E-state index contributed by atoms with van der Waals surface area (Å²) < 4.78 is 0. The first-order valence-corrected chi connectivity index (χ1v) is 7.68. The topological polar surface area (TPSA) is 15.3 Å². The average molecular weight is 232 g/mol. The minimum atomic E-state index is 0.747. The van der Waals surface area contributed by atoms with E-state index < -0.39 is 0 Å². The first-order chi connectivity index (χ1) is 6.88. The van der Waals surface area contributed by atoms with Crippen molar-refractivity contribution in [3.63, 3.8) is 0 Å². The Balaban J connectivity index is 1.69. The molecule has 2 aliphatic heterocycles. The van der Waals surface area contributed by atoms with Crippen LogP contribution in [0.1, 0.15) is 6.42 Å². The van der Waals surface area contributed by atoms with Crippen molar-refractivity contribution in [3.8, 4) is 0 Å². The lowest BCUT2D eigenvalue weighted by Crippen LogP contribution is -2.35. The second-order valence-electron chi connectivity index (χ2n) is 4.10. The van der Waals surface area contributed by atoms with Crippen molar-refractivity contribution in [2.75, 3.05) is 43.9 Å². The lowest BCUT2D eigenvalue weighted by molar-refractivity contribution is 0.335. The van der Waals surface area contributed by atoms with Crippen LogP contribution in [0.4, 0.5) is 0 Å². The number of hydrogen-bond donors (Lipinski definition) is 1. The van der Waals surface area contributed by atoms with Gasteiger partial charge in [0.25, 0.3) is 0 Å². The number of thioether (sulfide) groups is 2. The molecular weight excluding hydrogens is 212 g/mol. The summed E-state index contributed by atoms with van der Waals surface area (Å²) in [6, 6.07) is 0.747. The molecule has 4 heteroatoms. The molecule has 0 amide bonds. The maximum Gasteiger partial charge on any atom is 0.0265 e. The van der Waals surface area contributed by atoms with E-state index in [1.807, 2.05) is 0 Å². The molecule has 2 nitrogen and oxygen atoms in total. The Morgan fingerprint density at radius 1 is 1.43 bits per heavy atom. The van der Waals surface area contributed by atoms with Crippen molar-refractivity contribution in [2.24, 2.45) is 0 Å². The van der Waals surface area contributed by atoms with Crippen LogP contribution in [-0.2, 0) is 0 Å². The molecular formula is C10H20N2S2. The zero-order valence-electron chi connectivity index (χ0n) is 8.87. The summed E-state index contributed by atoms with van der Waals surface area (Å²) in [7, 11) is 2.08. The van der Waals surface area contributed by atoms with Crippen molar-refractivity contribution in [1.82, 2.24) is 10.2 Å². The molecule has 0 aromatic carbocycles. The standard InChI is InChI=1S/C10H20N2S2/c1-11-9-2-3-12(6-9)7-10-8-13-4-5-14-10/h9-11H,2-8H2,1H3. The molecule has 0 aromatic rings. The fraction of sp³-hybridized carbons (Fsp3) is 1.00. The molecule has 1 N–H and O–H groups in total. The van der Waals surface area contributed by atoms with Gasteiger partial charge in [0, 0.05) is 41.6 Å². The maximum absolute atomic E-state index is 3.38. The fourth-order valence-corrected chi connectivity index (χ4v) is 4.88. The van der Waals surface area contributed by atoms with Crippen LogP contribution in [0.5, 0.6) is 0 Å². The number of likely N-dealkylation sites (N-methyl/N-ethyl adjacent to an activating group) is 1. The molecule has 2 unspecified atom stereocenters. The van der Waals surface area contributed by atoms with E-state index in [1.165, 1.54) is 43.3 Å². The number of rotatable bonds is 3. The van der Waals surface area contributed by atoms with Gasteiger partial charge in [-0.3, -0.25) is 0 Å². The van der Waals surface area contributed by atoms with E-state index in [0.717, 1.165) is 11.3 Å². The van der Waals surface area contributed by atoms with Crippen LogP contribution >= 0.6 is 23.5 Å². The predicted octanol–water partition coefficient (Wildman–Crippen LogP) is 1.13. The third-order valence-corrected chi connectivity index (χ3v) is 5.85. The fourth-order valence-electron chi connectivity index (χ4n) is 2.16. The van der Waals surface area contributed by atoms with Gasteiger partial charge in [-0.1, -0.05) is 0 Å². The van der Waals surface area contributed by atoms with Crippen LogP contribution in [0.3, 0.4) is 0 Å². The molecule has 2 fully saturated rings. The molecule has 0 radical (unpaired) electrons. The third kappa shape index (κ3) is 3.05. The Bertz CT molecular complexity index is 172. The first-order valence-electron chi connectivity index (χ1n) is 5.47. The van der Waals surface area contributed by atoms with Crippen LogP contribution in [0.15, 0.2) is 0 Å². The quantitative estimate of drug-likeness (QED) is 0.784. The van der Waals surface area contributed by atoms with E-state index in [1.54, 1.807) is 0 Å². The summed E-state index contributed by atoms with van der Waals surface area (Å²) >= 11 is 4.31. The normalized spacial score (nSPS) is 34.9. The van der Waals surface area contributed by atoms with Gasteiger partial charge in [-0.05, 0) is 20.0 Å². The van der Waals surface area contributed by atoms with Crippen LogP contribution < -0.4 is 5.32 Å². The number of hydrogen-bond acceptors (Lipinski definition) is 4. The summed E-state index contributed by atoms with van der Waals surface area (Å²) in [5, 5.41) is 4.27. The van der Waals surface area contributed by atoms with E-state index in [9.17, 15) is 0 Å². The largest absolute Gasteiger partial charge is 0.316 e. The predicted molar refractivity (Wildman–Crippen MR) is 67.5 cm³/mol. The zero-order valence-corrected chi connectivity index (χ0v) is 10.5. The summed E-state index contributed by atoms with van der Waals surface area (Å²) in [6.45, 7) is 3.88. The molecule has 2 aliphatic rings. The van der Waals surface area contributed by atoms with E-state index >= 15 is 0 Å². The average Bonchev–Trinajstić information content (AvgIpc) is 2.67. The van der Waals surface area contributed by atoms with Crippen molar-refractivity contribution in [2.45, 2.75) is 17.7 Å². The number of likely N-dealkylation sites (tertiary alicyclic amines) is 1. The molecule has 0 spiro atoms. The summed E-state index contributed by atoms with van der Waals surface area (Å²) in [4.78, 5) is 2.63. The van der Waals surface area contributed by atoms with Gasteiger partial charge < -0.3 is 10.2 Å². The minimum Gasteiger partial charge on any atom is -0.316 e. The second kappa shape index (κ2) is 5.64. The zero-order chi connectivity index (χ0) is 9.80. The molecule has 2 saturated heterocycles. The highest BCUT2D eigenvalue weighted by Gasteiger charge is 2.24. The SMILES string of the molecule is CNC1CCN(CC2CSCCS2)C1. The highest BCUT2D eigenvalue weighted by molar-refractivity contribution is 8.06. The van der Waals surface area contributed by atoms with Crippen LogP contribution in [0.2, 0.25) is 0 Å². The Kier molecular flexibility index (Phi) is 4.47. The molecule has 0 bridgehead atoms. The second-order valence-corrected chi connectivity index (χ2v) is 6.66. The van der Waals surface area contributed by atoms with Crippen LogP contribution in [0.25, 0.3) is 0 Å². The Labute approximate surface area is 95.6 Å². The van der Waals surface area contributed by atoms with Crippen molar-refractivity contribution >= 4 is 23.5 Å². The maximum atomic E-state index is 3.38. The molecule has 2 atom stereocenters. The van der Waals surface area contributed by atoms with Crippen LogP contribution in [-0.4, -0.2) is 60.1 Å². The number of nitrogens with one attached hydrogen (secondary N) is 1. The highest BCUT2D eigenvalue weighted by atomic mass is 32.2. The summed E-state index contributed by atoms with van der Waals surface area (Å²) in [5.41, 5.74) is 0. The Morgan fingerprint density at radius 2 is 2.36 bits per heavy atom. The molecule has 14 heavy (non-hydrogen) atoms. The molecule has 0 aliphatic carbocycles. The third-order valence-electron chi connectivity index (χ3n) is 3.03. The summed E-state index contributed by atoms with van der Waals surface area (Å²) in [5.74, 6) is 4.09. The van der Waals surface area contributed by atoms with Crippen LogP contribution in [0, 0.1) is 0 Å². The monoisotopic (exact) mass is 232 g/mol. The van der Waals surface area contributed by atoms with Gasteiger partial charge >= 0.3 is 0 Å². The lowest BCUT2D eigenvalue weighted by Gasteiger charge is -2.26. The lowest BCUT2D eigenvalue weighted by atomic mass is 10.3. The smallest absolute Gasteiger partial charge is 0.0265 e. The number of nitrogens with zero attached hydrogens (tertiary/aromatic N) is 1. The molecule has 0 aromatic heterocycles. The van der Waals surface area contributed by atoms with Crippen molar-refractivity contribution in [1.29, 1.82) is 0 Å².